The second-order valence-corrected chi connectivity index (χ2v) is 10.3. The molecule has 0 saturated heterocycles. The van der Waals surface area contributed by atoms with Gasteiger partial charge in [0.25, 0.3) is 5.91 Å². The molecule has 0 bridgehead atoms. The smallest absolute Gasteiger partial charge is 0.308 e. The van der Waals surface area contributed by atoms with Gasteiger partial charge in [0.2, 0.25) is 0 Å². The highest BCUT2D eigenvalue weighted by atomic mass is 32.2. The van der Waals surface area contributed by atoms with Crippen LogP contribution < -0.4 is 4.18 Å². The zero-order valence-electron chi connectivity index (χ0n) is 18.1. The number of carbonyl (C=O) groups excluding carboxylic acids is 1. The number of benzene rings is 2. The Bertz CT molecular complexity index is 924. The predicted octanol–water partition coefficient (Wildman–Crippen LogP) is 4.76. The fourth-order valence-electron chi connectivity index (χ4n) is 2.82. The van der Waals surface area contributed by atoms with E-state index < -0.39 is 10.1 Å². The van der Waals surface area contributed by atoms with Gasteiger partial charge in [0.15, 0.2) is 0 Å². The maximum Gasteiger partial charge on any atom is 0.308 e. The van der Waals surface area contributed by atoms with Gasteiger partial charge >= 0.3 is 10.1 Å². The Morgan fingerprint density at radius 3 is 2.00 bits per heavy atom. The number of nitrogens with zero attached hydrogens (tertiary/aromatic N) is 1. The molecular weight excluding hydrogens is 386 g/mol. The molecule has 2 rings (SSSR count). The van der Waals surface area contributed by atoms with Crippen LogP contribution in [-0.4, -0.2) is 31.0 Å². The Balaban J connectivity index is 2.16. The molecule has 0 aromatic heterocycles. The second kappa shape index (κ2) is 8.99. The largest absolute Gasteiger partial charge is 0.382 e. The molecule has 0 unspecified atom stereocenters. The summed E-state index contributed by atoms with van der Waals surface area (Å²) in [5, 5.41) is 0. The Labute approximate surface area is 174 Å². The molecule has 0 atom stereocenters. The number of hydrogen-bond acceptors (Lipinski definition) is 4. The number of amides is 1. The molecule has 0 aliphatic rings. The summed E-state index contributed by atoms with van der Waals surface area (Å²) in [7, 11) is -3.55. The van der Waals surface area contributed by atoms with Crippen molar-refractivity contribution in [1.82, 2.24) is 4.90 Å². The van der Waals surface area contributed by atoms with E-state index in [9.17, 15) is 13.2 Å². The van der Waals surface area contributed by atoms with E-state index in [1.807, 2.05) is 38.1 Å². The summed E-state index contributed by atoms with van der Waals surface area (Å²) in [6, 6.07) is 14.6. The monoisotopic (exact) mass is 417 g/mol. The van der Waals surface area contributed by atoms with Gasteiger partial charge in [0.1, 0.15) is 5.75 Å². The molecule has 29 heavy (non-hydrogen) atoms. The van der Waals surface area contributed by atoms with Crippen molar-refractivity contribution in [3.63, 3.8) is 0 Å². The fourth-order valence-corrected chi connectivity index (χ4v) is 3.34. The van der Waals surface area contributed by atoms with Crippen LogP contribution in [0.15, 0.2) is 48.5 Å². The van der Waals surface area contributed by atoms with E-state index in [-0.39, 0.29) is 28.9 Å². The lowest BCUT2D eigenvalue weighted by Crippen LogP contribution is -2.36. The van der Waals surface area contributed by atoms with Gasteiger partial charge in [0.05, 0.1) is 5.75 Å². The molecular formula is C23H31NO4S. The van der Waals surface area contributed by atoms with Gasteiger partial charge in [-0.05, 0) is 61.6 Å². The Hall–Kier alpha value is -2.34. The van der Waals surface area contributed by atoms with E-state index in [4.69, 9.17) is 4.18 Å². The molecule has 0 fully saturated rings. The van der Waals surface area contributed by atoms with Gasteiger partial charge < -0.3 is 9.08 Å². The number of rotatable bonds is 7. The summed E-state index contributed by atoms with van der Waals surface area (Å²) in [5.41, 5.74) is 2.78. The highest BCUT2D eigenvalue weighted by Gasteiger charge is 2.21. The van der Waals surface area contributed by atoms with Crippen molar-refractivity contribution in [1.29, 1.82) is 0 Å². The fraction of sp³-hybridized carbons (Fsp3) is 0.435. The van der Waals surface area contributed by atoms with Gasteiger partial charge in [-0.3, -0.25) is 4.79 Å². The van der Waals surface area contributed by atoms with Crippen LogP contribution in [0.2, 0.25) is 0 Å². The molecule has 2 aromatic rings. The summed E-state index contributed by atoms with van der Waals surface area (Å²) >= 11 is 0. The average Bonchev–Trinajstić information content (AvgIpc) is 2.66. The quantitative estimate of drug-likeness (QED) is 0.609. The summed E-state index contributed by atoms with van der Waals surface area (Å²) in [5.74, 6) is 0.156. The van der Waals surface area contributed by atoms with E-state index in [1.165, 1.54) is 12.5 Å². The van der Waals surface area contributed by atoms with Gasteiger partial charge in [-0.15, -0.1) is 0 Å². The molecule has 158 valence electrons. The van der Waals surface area contributed by atoms with E-state index in [2.05, 4.69) is 20.8 Å². The van der Waals surface area contributed by atoms with Gasteiger partial charge in [0, 0.05) is 18.2 Å². The molecule has 0 saturated carbocycles. The van der Waals surface area contributed by atoms with Crippen LogP contribution in [-0.2, 0) is 22.1 Å². The molecule has 5 nitrogen and oxygen atoms in total. The Kier molecular flexibility index (Phi) is 7.11. The molecule has 0 N–H and O–H groups in total. The van der Waals surface area contributed by atoms with Crippen molar-refractivity contribution < 1.29 is 17.4 Å². The third kappa shape index (κ3) is 6.32. The third-order valence-corrected chi connectivity index (χ3v) is 5.89. The van der Waals surface area contributed by atoms with Crippen molar-refractivity contribution in [3.8, 4) is 5.75 Å². The van der Waals surface area contributed by atoms with Crippen LogP contribution in [0, 0.1) is 0 Å². The molecule has 0 radical (unpaired) electrons. The van der Waals surface area contributed by atoms with Gasteiger partial charge in [-0.25, -0.2) is 0 Å². The molecule has 0 heterocycles. The average molecular weight is 418 g/mol. The standard InChI is InChI=1S/C23H31NO4S/c1-7-29(26,27)28-21-14-8-18(9-15-21)16-24(17(2)3)22(25)19-10-12-20(13-11-19)23(4,5)6/h8-15,17H,7,16H2,1-6H3. The van der Waals surface area contributed by atoms with Crippen molar-refractivity contribution in [2.24, 2.45) is 0 Å². The first-order chi connectivity index (χ1) is 13.4. The van der Waals surface area contributed by atoms with E-state index in [0.717, 1.165) is 5.56 Å². The lowest BCUT2D eigenvalue weighted by Gasteiger charge is -2.27. The van der Waals surface area contributed by atoms with Crippen molar-refractivity contribution in [2.45, 2.75) is 59.5 Å². The minimum absolute atomic E-state index is 0.0150. The molecule has 1 amide bonds. The molecule has 0 aliphatic carbocycles. The van der Waals surface area contributed by atoms with E-state index in [1.54, 1.807) is 29.2 Å². The molecule has 0 aliphatic heterocycles. The topological polar surface area (TPSA) is 63.7 Å². The zero-order valence-corrected chi connectivity index (χ0v) is 18.9. The lowest BCUT2D eigenvalue weighted by atomic mass is 9.86. The summed E-state index contributed by atoms with van der Waals surface area (Å²) < 4.78 is 28.2. The zero-order chi connectivity index (χ0) is 21.8. The van der Waals surface area contributed by atoms with Crippen LogP contribution in [0.25, 0.3) is 0 Å². The minimum atomic E-state index is -3.55. The Morgan fingerprint density at radius 1 is 1.00 bits per heavy atom. The van der Waals surface area contributed by atoms with Crippen molar-refractivity contribution >= 4 is 16.0 Å². The first-order valence-electron chi connectivity index (χ1n) is 9.85. The molecule has 6 heteroatoms. The molecule has 2 aromatic carbocycles. The highest BCUT2D eigenvalue weighted by molar-refractivity contribution is 7.87. The Morgan fingerprint density at radius 2 is 1.55 bits per heavy atom. The maximum atomic E-state index is 13.1. The summed E-state index contributed by atoms with van der Waals surface area (Å²) in [4.78, 5) is 14.9. The normalized spacial score (nSPS) is 12.1. The SMILES string of the molecule is CCS(=O)(=O)Oc1ccc(CN(C(=O)c2ccc(C(C)(C)C)cc2)C(C)C)cc1. The van der Waals surface area contributed by atoms with Crippen LogP contribution in [0.1, 0.15) is 63.0 Å². The molecule has 0 spiro atoms. The van der Waals surface area contributed by atoms with Gasteiger partial charge in [-0.1, -0.05) is 45.0 Å². The predicted molar refractivity (Wildman–Crippen MR) is 117 cm³/mol. The minimum Gasteiger partial charge on any atom is -0.382 e. The third-order valence-electron chi connectivity index (χ3n) is 4.74. The maximum absolute atomic E-state index is 13.1. The number of carbonyl (C=O) groups is 1. The first kappa shape index (κ1) is 22.9. The van der Waals surface area contributed by atoms with E-state index >= 15 is 0 Å². The van der Waals surface area contributed by atoms with Crippen LogP contribution in [0.3, 0.4) is 0 Å². The first-order valence-corrected chi connectivity index (χ1v) is 11.4. The van der Waals surface area contributed by atoms with E-state index in [0.29, 0.717) is 12.1 Å². The van der Waals surface area contributed by atoms with Crippen molar-refractivity contribution in [2.75, 3.05) is 5.75 Å². The van der Waals surface area contributed by atoms with Crippen LogP contribution >= 0.6 is 0 Å². The van der Waals surface area contributed by atoms with Crippen LogP contribution in [0.5, 0.6) is 5.75 Å². The summed E-state index contributed by atoms with van der Waals surface area (Å²) in [6.07, 6.45) is 0. The number of hydrogen-bond donors (Lipinski definition) is 0. The van der Waals surface area contributed by atoms with Crippen molar-refractivity contribution in [3.05, 3.63) is 65.2 Å². The van der Waals surface area contributed by atoms with Gasteiger partial charge in [-0.2, -0.15) is 8.42 Å². The second-order valence-electron chi connectivity index (χ2n) is 8.43. The van der Waals surface area contributed by atoms with Crippen LogP contribution in [0.4, 0.5) is 0 Å². The highest BCUT2D eigenvalue weighted by Crippen LogP contribution is 2.23. The summed E-state index contributed by atoms with van der Waals surface area (Å²) in [6.45, 7) is 12.3. The lowest BCUT2D eigenvalue weighted by molar-refractivity contribution is 0.0690.